The van der Waals surface area contributed by atoms with Crippen LogP contribution < -0.4 is 0 Å². The van der Waals surface area contributed by atoms with Crippen molar-refractivity contribution in [2.24, 2.45) is 0 Å². The van der Waals surface area contributed by atoms with Gasteiger partial charge in [0.05, 0.1) is 6.61 Å². The first-order valence-corrected chi connectivity index (χ1v) is 5.99. The van der Waals surface area contributed by atoms with Crippen molar-refractivity contribution in [3.05, 3.63) is 0 Å². The lowest BCUT2D eigenvalue weighted by atomic mass is 10.2. The topological polar surface area (TPSA) is 64.0 Å². The molecular weight excluding hydrogens is 208 g/mol. The Kier molecular flexibility index (Phi) is 6.37. The number of β-amino-alcohol motifs (C(OH)–C–C–N with tert-alkyl or cyclic N) is 1. The maximum Gasteiger partial charge on any atom is 0.222 e. The summed E-state index contributed by atoms with van der Waals surface area (Å²) in [7, 11) is 0. The van der Waals surface area contributed by atoms with Gasteiger partial charge in [-0.25, -0.2) is 0 Å². The first-order valence-electron chi connectivity index (χ1n) is 5.99. The third kappa shape index (κ3) is 4.47. The second-order valence-electron chi connectivity index (χ2n) is 4.13. The normalized spacial score (nSPS) is 18.5. The van der Waals surface area contributed by atoms with Gasteiger partial charge in [-0.1, -0.05) is 0 Å². The molecule has 0 aromatic heterocycles. The maximum absolute atomic E-state index is 11.7. The SMILES string of the molecule is O=C(CCCO)N1CCCN(CCO)CC1. The quantitative estimate of drug-likeness (QED) is 0.654. The predicted octanol–water partition coefficient (Wildman–Crippen LogP) is -0.714. The van der Waals surface area contributed by atoms with E-state index in [0.29, 0.717) is 19.4 Å². The van der Waals surface area contributed by atoms with Crippen molar-refractivity contribution < 1.29 is 15.0 Å². The van der Waals surface area contributed by atoms with E-state index in [1.807, 2.05) is 4.90 Å². The second kappa shape index (κ2) is 7.60. The molecule has 0 aromatic rings. The first-order chi connectivity index (χ1) is 7.77. The van der Waals surface area contributed by atoms with Gasteiger partial charge in [0.1, 0.15) is 0 Å². The minimum absolute atomic E-state index is 0.0796. The zero-order valence-corrected chi connectivity index (χ0v) is 9.77. The Morgan fingerprint density at radius 2 is 1.88 bits per heavy atom. The molecule has 0 spiro atoms. The third-order valence-corrected chi connectivity index (χ3v) is 2.91. The number of carbonyl (C=O) groups is 1. The molecule has 1 saturated heterocycles. The molecule has 0 atom stereocenters. The molecule has 0 unspecified atom stereocenters. The number of rotatable bonds is 5. The standard InChI is InChI=1S/C11H22N2O3/c14-9-1-3-11(16)13-5-2-4-12(6-7-13)8-10-15/h14-15H,1-10H2. The molecule has 1 aliphatic heterocycles. The van der Waals surface area contributed by atoms with Gasteiger partial charge in [0.25, 0.3) is 0 Å². The molecule has 0 radical (unpaired) electrons. The molecule has 0 aromatic carbocycles. The van der Waals surface area contributed by atoms with E-state index in [9.17, 15) is 4.79 Å². The molecule has 1 heterocycles. The van der Waals surface area contributed by atoms with Crippen molar-refractivity contribution in [2.45, 2.75) is 19.3 Å². The van der Waals surface area contributed by atoms with E-state index in [2.05, 4.69) is 4.90 Å². The number of aliphatic hydroxyl groups excluding tert-OH is 2. The monoisotopic (exact) mass is 230 g/mol. The molecule has 2 N–H and O–H groups in total. The molecule has 5 nitrogen and oxygen atoms in total. The molecular formula is C11H22N2O3. The van der Waals surface area contributed by atoms with Crippen LogP contribution in [0.1, 0.15) is 19.3 Å². The Morgan fingerprint density at radius 1 is 1.06 bits per heavy atom. The zero-order chi connectivity index (χ0) is 11.8. The smallest absolute Gasteiger partial charge is 0.222 e. The van der Waals surface area contributed by atoms with Crippen molar-refractivity contribution in [3.63, 3.8) is 0 Å². The highest BCUT2D eigenvalue weighted by Gasteiger charge is 2.17. The minimum atomic E-state index is 0.0796. The van der Waals surface area contributed by atoms with Gasteiger partial charge < -0.3 is 15.1 Å². The minimum Gasteiger partial charge on any atom is -0.396 e. The van der Waals surface area contributed by atoms with Crippen LogP contribution in [0.4, 0.5) is 0 Å². The van der Waals surface area contributed by atoms with Gasteiger partial charge in [-0.05, 0) is 19.4 Å². The summed E-state index contributed by atoms with van der Waals surface area (Å²) in [6.45, 7) is 4.28. The predicted molar refractivity (Wildman–Crippen MR) is 61.0 cm³/mol. The van der Waals surface area contributed by atoms with Crippen LogP contribution in [-0.2, 0) is 4.79 Å². The maximum atomic E-state index is 11.7. The Labute approximate surface area is 96.7 Å². The number of nitrogens with zero attached hydrogens (tertiary/aromatic N) is 2. The zero-order valence-electron chi connectivity index (χ0n) is 9.77. The van der Waals surface area contributed by atoms with Crippen LogP contribution in [0.5, 0.6) is 0 Å². The lowest BCUT2D eigenvalue weighted by Gasteiger charge is -2.21. The average Bonchev–Trinajstić information content (AvgIpc) is 2.52. The van der Waals surface area contributed by atoms with Crippen LogP contribution in [0.25, 0.3) is 0 Å². The van der Waals surface area contributed by atoms with E-state index in [4.69, 9.17) is 10.2 Å². The van der Waals surface area contributed by atoms with Gasteiger partial charge >= 0.3 is 0 Å². The molecule has 1 amide bonds. The molecule has 1 aliphatic rings. The molecule has 1 fully saturated rings. The molecule has 0 saturated carbocycles. The van der Waals surface area contributed by atoms with Crippen LogP contribution in [0.3, 0.4) is 0 Å². The molecule has 5 heteroatoms. The Hall–Kier alpha value is -0.650. The molecule has 1 rings (SSSR count). The second-order valence-corrected chi connectivity index (χ2v) is 4.13. The highest BCUT2D eigenvalue weighted by atomic mass is 16.3. The van der Waals surface area contributed by atoms with Gasteiger partial charge in [0, 0.05) is 39.2 Å². The molecule has 16 heavy (non-hydrogen) atoms. The fourth-order valence-electron chi connectivity index (χ4n) is 1.97. The van der Waals surface area contributed by atoms with E-state index in [0.717, 1.165) is 32.6 Å². The average molecular weight is 230 g/mol. The first kappa shape index (κ1) is 13.4. The molecule has 94 valence electrons. The third-order valence-electron chi connectivity index (χ3n) is 2.91. The number of aliphatic hydroxyl groups is 2. The Balaban J connectivity index is 2.31. The summed E-state index contributed by atoms with van der Waals surface area (Å²) >= 11 is 0. The van der Waals surface area contributed by atoms with E-state index >= 15 is 0 Å². The summed E-state index contributed by atoms with van der Waals surface area (Å²) in [5.41, 5.74) is 0. The van der Waals surface area contributed by atoms with Crippen molar-refractivity contribution in [1.82, 2.24) is 9.80 Å². The van der Waals surface area contributed by atoms with Gasteiger partial charge in [-0.3, -0.25) is 9.69 Å². The summed E-state index contributed by atoms with van der Waals surface area (Å²) in [4.78, 5) is 15.8. The van der Waals surface area contributed by atoms with E-state index < -0.39 is 0 Å². The summed E-state index contributed by atoms with van der Waals surface area (Å²) < 4.78 is 0. The van der Waals surface area contributed by atoms with Crippen molar-refractivity contribution in [2.75, 3.05) is 45.9 Å². The van der Waals surface area contributed by atoms with Crippen LogP contribution in [0, 0.1) is 0 Å². The summed E-state index contributed by atoms with van der Waals surface area (Å²) in [5, 5.41) is 17.5. The number of carbonyl (C=O) groups excluding carboxylic acids is 1. The van der Waals surface area contributed by atoms with Gasteiger partial charge in [0.15, 0.2) is 0 Å². The van der Waals surface area contributed by atoms with Crippen LogP contribution in [-0.4, -0.2) is 71.9 Å². The largest absolute Gasteiger partial charge is 0.396 e. The highest BCUT2D eigenvalue weighted by molar-refractivity contribution is 5.76. The summed E-state index contributed by atoms with van der Waals surface area (Å²) in [6.07, 6.45) is 1.96. The molecule has 0 aliphatic carbocycles. The van der Waals surface area contributed by atoms with Gasteiger partial charge in [-0.2, -0.15) is 0 Å². The summed E-state index contributed by atoms with van der Waals surface area (Å²) in [6, 6.07) is 0. The van der Waals surface area contributed by atoms with E-state index in [1.54, 1.807) is 0 Å². The Bertz CT molecular complexity index is 211. The number of hydrogen-bond donors (Lipinski definition) is 2. The van der Waals surface area contributed by atoms with Crippen molar-refractivity contribution >= 4 is 5.91 Å². The van der Waals surface area contributed by atoms with Crippen LogP contribution in [0.15, 0.2) is 0 Å². The fraction of sp³-hybridized carbons (Fsp3) is 0.909. The lowest BCUT2D eigenvalue weighted by Crippen LogP contribution is -2.35. The summed E-state index contributed by atoms with van der Waals surface area (Å²) in [5.74, 6) is 0.139. The van der Waals surface area contributed by atoms with Crippen LogP contribution >= 0.6 is 0 Å². The van der Waals surface area contributed by atoms with Gasteiger partial charge in [-0.15, -0.1) is 0 Å². The van der Waals surface area contributed by atoms with Crippen LogP contribution in [0.2, 0.25) is 0 Å². The Morgan fingerprint density at radius 3 is 2.56 bits per heavy atom. The van der Waals surface area contributed by atoms with E-state index in [1.165, 1.54) is 0 Å². The van der Waals surface area contributed by atoms with E-state index in [-0.39, 0.29) is 19.1 Å². The van der Waals surface area contributed by atoms with Crippen molar-refractivity contribution in [1.29, 1.82) is 0 Å². The number of hydrogen-bond acceptors (Lipinski definition) is 4. The van der Waals surface area contributed by atoms with Gasteiger partial charge in [0.2, 0.25) is 5.91 Å². The molecule has 0 bridgehead atoms. The lowest BCUT2D eigenvalue weighted by molar-refractivity contribution is -0.131. The fourth-order valence-corrected chi connectivity index (χ4v) is 1.97. The number of amides is 1. The van der Waals surface area contributed by atoms with Crippen molar-refractivity contribution in [3.8, 4) is 0 Å². The highest BCUT2D eigenvalue weighted by Crippen LogP contribution is 2.05.